The number of anilines is 1. The van der Waals surface area contributed by atoms with Gasteiger partial charge in [0, 0.05) is 6.07 Å². The molecule has 0 radical (unpaired) electrons. The first-order valence-corrected chi connectivity index (χ1v) is 8.71. The quantitative estimate of drug-likeness (QED) is 0.335. The first-order chi connectivity index (χ1) is 13.3. The Morgan fingerprint density at radius 2 is 1.82 bits per heavy atom. The summed E-state index contributed by atoms with van der Waals surface area (Å²) in [4.78, 5) is 44.7. The summed E-state index contributed by atoms with van der Waals surface area (Å²) in [6.07, 6.45) is 2.88. The van der Waals surface area contributed by atoms with Crippen molar-refractivity contribution in [1.29, 1.82) is 0 Å². The number of methoxy groups -OCH3 is 2. The maximum atomic E-state index is 11.6. The molecule has 0 spiro atoms. The molecule has 0 aliphatic heterocycles. The Hall–Kier alpha value is -3.01. The van der Waals surface area contributed by atoms with Crippen molar-refractivity contribution >= 4 is 29.2 Å². The standard InChI is InChI=1S/C18H22N2O8/c1-26-16(21)10-28-13-6-3-11(4-7-13)12-5-8-14(15(9-12)20(24)25)19-17(22)18(23)27-2/h5,8-9,11,13H,3-4,6-7,10H2,1-2H3,(H,19,22). The normalized spacial score (nSPS) is 18.8. The second-order valence-electron chi connectivity index (χ2n) is 6.34. The lowest BCUT2D eigenvalue weighted by molar-refractivity contribution is -0.384. The van der Waals surface area contributed by atoms with Crippen LogP contribution in [0.4, 0.5) is 11.4 Å². The van der Waals surface area contributed by atoms with Crippen molar-refractivity contribution in [2.24, 2.45) is 0 Å². The van der Waals surface area contributed by atoms with Crippen molar-refractivity contribution in [2.75, 3.05) is 26.1 Å². The molecule has 1 aliphatic rings. The van der Waals surface area contributed by atoms with E-state index >= 15 is 0 Å². The molecule has 1 aromatic rings. The Bertz CT molecular complexity index is 756. The van der Waals surface area contributed by atoms with E-state index in [4.69, 9.17) is 4.74 Å². The van der Waals surface area contributed by atoms with Gasteiger partial charge in [-0.2, -0.15) is 0 Å². The molecule has 1 aromatic carbocycles. The number of amides is 1. The van der Waals surface area contributed by atoms with Crippen molar-refractivity contribution < 1.29 is 33.5 Å². The molecule has 10 heteroatoms. The number of nitrogens with zero attached hydrogens (tertiary/aromatic N) is 1. The fourth-order valence-electron chi connectivity index (χ4n) is 3.13. The predicted molar refractivity (Wildman–Crippen MR) is 96.7 cm³/mol. The molecule has 1 saturated carbocycles. The van der Waals surface area contributed by atoms with Crippen molar-refractivity contribution in [3.05, 3.63) is 33.9 Å². The molecule has 0 atom stereocenters. The van der Waals surface area contributed by atoms with E-state index in [1.807, 2.05) is 0 Å². The van der Waals surface area contributed by atoms with Gasteiger partial charge in [0.2, 0.25) is 0 Å². The zero-order chi connectivity index (χ0) is 20.7. The number of hydrogen-bond donors (Lipinski definition) is 1. The minimum absolute atomic E-state index is 0.0519. The van der Waals surface area contributed by atoms with E-state index in [1.54, 1.807) is 6.07 Å². The Labute approximate surface area is 161 Å². The van der Waals surface area contributed by atoms with Gasteiger partial charge in [0.05, 0.1) is 25.2 Å². The lowest BCUT2D eigenvalue weighted by Crippen LogP contribution is -2.25. The van der Waals surface area contributed by atoms with Gasteiger partial charge in [-0.15, -0.1) is 0 Å². The lowest BCUT2D eigenvalue weighted by atomic mass is 9.82. The van der Waals surface area contributed by atoms with Crippen LogP contribution in [0.3, 0.4) is 0 Å². The molecule has 1 N–H and O–H groups in total. The Kier molecular flexibility index (Phi) is 7.44. The van der Waals surface area contributed by atoms with E-state index in [1.165, 1.54) is 19.2 Å². The summed E-state index contributed by atoms with van der Waals surface area (Å²) in [7, 11) is 2.34. The maximum absolute atomic E-state index is 11.6. The molecule has 2 rings (SSSR count). The van der Waals surface area contributed by atoms with Gasteiger partial charge in [0.25, 0.3) is 5.69 Å². The van der Waals surface area contributed by atoms with Gasteiger partial charge in [0.1, 0.15) is 12.3 Å². The minimum atomic E-state index is -1.14. The maximum Gasteiger partial charge on any atom is 0.396 e. The third-order valence-corrected chi connectivity index (χ3v) is 4.65. The van der Waals surface area contributed by atoms with Gasteiger partial charge < -0.3 is 19.5 Å². The molecule has 0 heterocycles. The summed E-state index contributed by atoms with van der Waals surface area (Å²) in [6, 6.07) is 4.52. The second-order valence-corrected chi connectivity index (χ2v) is 6.34. The summed E-state index contributed by atoms with van der Waals surface area (Å²) in [6.45, 7) is -0.0914. The van der Waals surface area contributed by atoms with Gasteiger partial charge in [-0.25, -0.2) is 9.59 Å². The van der Waals surface area contributed by atoms with Gasteiger partial charge in [-0.05, 0) is 43.2 Å². The van der Waals surface area contributed by atoms with Gasteiger partial charge in [-0.1, -0.05) is 6.07 Å². The fraction of sp³-hybridized carbons (Fsp3) is 0.500. The number of nitro groups is 1. The number of rotatable bonds is 6. The van der Waals surface area contributed by atoms with Crippen LogP contribution in [-0.2, 0) is 28.6 Å². The zero-order valence-electron chi connectivity index (χ0n) is 15.6. The summed E-state index contributed by atoms with van der Waals surface area (Å²) in [5.74, 6) is -2.55. The van der Waals surface area contributed by atoms with Crippen molar-refractivity contribution in [3.8, 4) is 0 Å². The summed E-state index contributed by atoms with van der Waals surface area (Å²) in [5, 5.41) is 13.6. The molecule has 152 valence electrons. The van der Waals surface area contributed by atoms with E-state index in [9.17, 15) is 24.5 Å². The van der Waals surface area contributed by atoms with Gasteiger partial charge >= 0.3 is 17.8 Å². The highest BCUT2D eigenvalue weighted by Gasteiger charge is 2.27. The van der Waals surface area contributed by atoms with Crippen LogP contribution in [0.15, 0.2) is 18.2 Å². The predicted octanol–water partition coefficient (Wildman–Crippen LogP) is 1.92. The molecule has 28 heavy (non-hydrogen) atoms. The van der Waals surface area contributed by atoms with Crippen LogP contribution in [0.2, 0.25) is 0 Å². The SMILES string of the molecule is COC(=O)COC1CCC(c2ccc(NC(=O)C(=O)OC)c([N+](=O)[O-])c2)CC1. The van der Waals surface area contributed by atoms with E-state index < -0.39 is 22.8 Å². The highest BCUT2D eigenvalue weighted by Crippen LogP contribution is 2.37. The first kappa shape index (κ1) is 21.3. The molecule has 1 aliphatic carbocycles. The summed E-state index contributed by atoms with van der Waals surface area (Å²) in [5.41, 5.74) is 0.409. The Morgan fingerprint density at radius 3 is 2.39 bits per heavy atom. The lowest BCUT2D eigenvalue weighted by Gasteiger charge is -2.28. The fourth-order valence-corrected chi connectivity index (χ4v) is 3.13. The van der Waals surface area contributed by atoms with E-state index in [0.29, 0.717) is 0 Å². The van der Waals surface area contributed by atoms with E-state index in [2.05, 4.69) is 14.8 Å². The summed E-state index contributed by atoms with van der Waals surface area (Å²) < 4.78 is 14.3. The Balaban J connectivity index is 2.04. The molecule has 0 aromatic heterocycles. The number of carbonyl (C=O) groups is 3. The van der Waals surface area contributed by atoms with Crippen molar-refractivity contribution in [3.63, 3.8) is 0 Å². The average molecular weight is 394 g/mol. The smallest absolute Gasteiger partial charge is 0.396 e. The van der Waals surface area contributed by atoms with Gasteiger partial charge in [-0.3, -0.25) is 14.9 Å². The molecule has 0 saturated heterocycles. The monoisotopic (exact) mass is 394 g/mol. The van der Waals surface area contributed by atoms with E-state index in [-0.39, 0.29) is 30.0 Å². The third kappa shape index (κ3) is 5.49. The van der Waals surface area contributed by atoms with Crippen LogP contribution in [0, 0.1) is 10.1 Å². The topological polar surface area (TPSA) is 134 Å². The van der Waals surface area contributed by atoms with Crippen LogP contribution < -0.4 is 5.32 Å². The number of hydrogen-bond acceptors (Lipinski definition) is 8. The molecule has 0 bridgehead atoms. The number of nitro benzene ring substituents is 1. The molecule has 1 fully saturated rings. The largest absolute Gasteiger partial charge is 0.467 e. The number of nitrogens with one attached hydrogen (secondary N) is 1. The third-order valence-electron chi connectivity index (χ3n) is 4.65. The number of esters is 2. The summed E-state index contributed by atoms with van der Waals surface area (Å²) >= 11 is 0. The molecular weight excluding hydrogens is 372 g/mol. The molecule has 1 amide bonds. The number of benzene rings is 1. The van der Waals surface area contributed by atoms with Crippen molar-refractivity contribution in [1.82, 2.24) is 0 Å². The highest BCUT2D eigenvalue weighted by atomic mass is 16.6. The minimum Gasteiger partial charge on any atom is -0.467 e. The first-order valence-electron chi connectivity index (χ1n) is 8.71. The second kappa shape index (κ2) is 9.79. The van der Waals surface area contributed by atoms with Crippen LogP contribution in [0.5, 0.6) is 0 Å². The van der Waals surface area contributed by atoms with Crippen LogP contribution >= 0.6 is 0 Å². The molecule has 0 unspecified atom stereocenters. The Morgan fingerprint density at radius 1 is 1.14 bits per heavy atom. The van der Waals surface area contributed by atoms with Crippen LogP contribution in [-0.4, -0.2) is 49.7 Å². The average Bonchev–Trinajstić information content (AvgIpc) is 2.71. The molecule has 10 nitrogen and oxygen atoms in total. The zero-order valence-corrected chi connectivity index (χ0v) is 15.6. The van der Waals surface area contributed by atoms with E-state index in [0.717, 1.165) is 38.4 Å². The number of ether oxygens (including phenoxy) is 3. The van der Waals surface area contributed by atoms with Gasteiger partial charge in [0.15, 0.2) is 0 Å². The van der Waals surface area contributed by atoms with Crippen LogP contribution in [0.25, 0.3) is 0 Å². The van der Waals surface area contributed by atoms with Crippen LogP contribution in [0.1, 0.15) is 37.2 Å². The molecular formula is C18H22N2O8. The number of carbonyl (C=O) groups excluding carboxylic acids is 3. The highest BCUT2D eigenvalue weighted by molar-refractivity contribution is 6.37. The van der Waals surface area contributed by atoms with Crippen molar-refractivity contribution in [2.45, 2.75) is 37.7 Å².